The zero-order chi connectivity index (χ0) is 27.1. The van der Waals surface area contributed by atoms with Gasteiger partial charge in [0.05, 0.1) is 11.1 Å². The molecule has 198 valence electrons. The van der Waals surface area contributed by atoms with E-state index in [2.05, 4.69) is 29.2 Å². The number of ether oxygens (including phenoxy) is 1. The lowest BCUT2D eigenvalue weighted by Crippen LogP contribution is -2.31. The molecular formula is C31H34N2O5. The van der Waals surface area contributed by atoms with Crippen molar-refractivity contribution in [3.63, 3.8) is 0 Å². The third-order valence-corrected chi connectivity index (χ3v) is 6.68. The number of imide groups is 1. The van der Waals surface area contributed by atoms with Gasteiger partial charge in [0.2, 0.25) is 0 Å². The molecule has 0 bridgehead atoms. The lowest BCUT2D eigenvalue weighted by molar-refractivity contribution is -0.136. The summed E-state index contributed by atoms with van der Waals surface area (Å²) < 4.78 is 5.78. The number of carboxylic acids is 1. The van der Waals surface area contributed by atoms with E-state index in [4.69, 9.17) is 9.84 Å². The lowest BCUT2D eigenvalue weighted by Gasteiger charge is -2.15. The molecular weight excluding hydrogens is 480 g/mol. The van der Waals surface area contributed by atoms with Gasteiger partial charge in [-0.3, -0.25) is 19.3 Å². The number of aryl methyl sites for hydroxylation is 3. The van der Waals surface area contributed by atoms with E-state index >= 15 is 0 Å². The SMILES string of the molecule is CN(C)CCOc1ccc(CCc2cc(CCC(=O)O)cc(CCN3C(=O)c4ccccc4C3=O)c2)cc1. The standard InChI is InChI=1S/C31H34N2O5/c1-32(2)17-18-38-26-12-9-22(10-13-26)7-8-23-19-24(11-14-29(34)35)21-25(20-23)15-16-33-30(36)27-5-3-4-6-28(27)31(33)37/h3-6,9-10,12-13,19-21H,7-8,11,14-18H2,1-2H3,(H,34,35). The van der Waals surface area contributed by atoms with Crippen molar-refractivity contribution in [2.75, 3.05) is 33.8 Å². The van der Waals surface area contributed by atoms with E-state index in [1.807, 2.05) is 32.3 Å². The summed E-state index contributed by atoms with van der Waals surface area (Å²) in [6.07, 6.45) is 2.62. The molecule has 0 atom stereocenters. The van der Waals surface area contributed by atoms with Crippen molar-refractivity contribution in [2.45, 2.75) is 32.1 Å². The number of nitrogens with zero attached hydrogens (tertiary/aromatic N) is 2. The monoisotopic (exact) mass is 514 g/mol. The van der Waals surface area contributed by atoms with Gasteiger partial charge < -0.3 is 14.7 Å². The van der Waals surface area contributed by atoms with Gasteiger partial charge in [0, 0.05) is 19.5 Å². The minimum Gasteiger partial charge on any atom is -0.492 e. The van der Waals surface area contributed by atoms with Crippen molar-refractivity contribution in [1.82, 2.24) is 9.80 Å². The van der Waals surface area contributed by atoms with Gasteiger partial charge in [-0.15, -0.1) is 0 Å². The van der Waals surface area contributed by atoms with Gasteiger partial charge in [0.1, 0.15) is 12.4 Å². The molecule has 0 aliphatic carbocycles. The second kappa shape index (κ2) is 12.5. The molecule has 1 N–H and O–H groups in total. The van der Waals surface area contributed by atoms with Gasteiger partial charge in [-0.2, -0.15) is 0 Å². The first-order chi connectivity index (χ1) is 18.3. The van der Waals surface area contributed by atoms with Crippen molar-refractivity contribution >= 4 is 17.8 Å². The maximum Gasteiger partial charge on any atom is 0.303 e. The smallest absolute Gasteiger partial charge is 0.303 e. The van der Waals surface area contributed by atoms with Gasteiger partial charge in [-0.25, -0.2) is 0 Å². The van der Waals surface area contributed by atoms with Crippen LogP contribution < -0.4 is 4.74 Å². The van der Waals surface area contributed by atoms with Crippen LogP contribution >= 0.6 is 0 Å². The fraction of sp³-hybridized carbons (Fsp3) is 0.323. The Morgan fingerprint density at radius 1 is 0.789 bits per heavy atom. The van der Waals surface area contributed by atoms with Crippen LogP contribution in [0.2, 0.25) is 0 Å². The number of hydrogen-bond acceptors (Lipinski definition) is 5. The van der Waals surface area contributed by atoms with Gasteiger partial charge in [-0.05, 0) is 86.3 Å². The number of likely N-dealkylation sites (N-methyl/N-ethyl adjacent to an activating group) is 1. The lowest BCUT2D eigenvalue weighted by atomic mass is 9.96. The second-order valence-corrected chi connectivity index (χ2v) is 9.90. The Balaban J connectivity index is 1.41. The summed E-state index contributed by atoms with van der Waals surface area (Å²) in [7, 11) is 4.03. The minimum absolute atomic E-state index is 0.0522. The van der Waals surface area contributed by atoms with Gasteiger partial charge in [0.25, 0.3) is 11.8 Å². The quantitative estimate of drug-likeness (QED) is 0.343. The molecule has 0 saturated heterocycles. The number of fused-ring (bicyclic) bond motifs is 1. The third kappa shape index (κ3) is 7.07. The Morgan fingerprint density at radius 2 is 1.34 bits per heavy atom. The molecule has 3 aromatic carbocycles. The number of aliphatic carboxylic acids is 1. The van der Waals surface area contributed by atoms with E-state index in [0.717, 1.165) is 41.8 Å². The summed E-state index contributed by atoms with van der Waals surface area (Å²) in [4.78, 5) is 40.0. The van der Waals surface area contributed by atoms with Crippen molar-refractivity contribution in [3.05, 3.63) is 100 Å². The van der Waals surface area contributed by atoms with Crippen LogP contribution in [0.15, 0.2) is 66.7 Å². The fourth-order valence-corrected chi connectivity index (χ4v) is 4.59. The van der Waals surface area contributed by atoms with Crippen molar-refractivity contribution < 1.29 is 24.2 Å². The molecule has 38 heavy (non-hydrogen) atoms. The van der Waals surface area contributed by atoms with Crippen molar-refractivity contribution in [2.24, 2.45) is 0 Å². The predicted octanol–water partition coefficient (Wildman–Crippen LogP) is 4.27. The largest absolute Gasteiger partial charge is 0.492 e. The zero-order valence-corrected chi connectivity index (χ0v) is 22.0. The molecule has 0 aromatic heterocycles. The fourth-order valence-electron chi connectivity index (χ4n) is 4.59. The molecule has 3 aromatic rings. The topological polar surface area (TPSA) is 87.2 Å². The molecule has 1 heterocycles. The first kappa shape index (κ1) is 27.1. The van der Waals surface area contributed by atoms with Crippen LogP contribution in [0.1, 0.15) is 49.4 Å². The Morgan fingerprint density at radius 3 is 1.92 bits per heavy atom. The van der Waals surface area contributed by atoms with E-state index in [0.29, 0.717) is 30.6 Å². The number of hydrogen-bond donors (Lipinski definition) is 1. The summed E-state index contributed by atoms with van der Waals surface area (Å²) in [5, 5.41) is 9.17. The predicted molar refractivity (Wildman–Crippen MR) is 146 cm³/mol. The van der Waals surface area contributed by atoms with E-state index in [1.165, 1.54) is 10.5 Å². The summed E-state index contributed by atoms with van der Waals surface area (Å²) in [6, 6.07) is 21.2. The summed E-state index contributed by atoms with van der Waals surface area (Å²) in [5.41, 5.74) is 5.13. The number of benzene rings is 3. The highest BCUT2D eigenvalue weighted by atomic mass is 16.5. The molecule has 2 amide bonds. The van der Waals surface area contributed by atoms with Crippen LogP contribution in [0.5, 0.6) is 5.75 Å². The Bertz CT molecular complexity index is 1260. The first-order valence-electron chi connectivity index (χ1n) is 13.0. The average molecular weight is 515 g/mol. The molecule has 7 heteroatoms. The number of carboxylic acid groups (broad SMARTS) is 1. The molecule has 0 radical (unpaired) electrons. The molecule has 1 aliphatic rings. The number of carbonyl (C=O) groups excluding carboxylic acids is 2. The van der Waals surface area contributed by atoms with Crippen LogP contribution in [-0.4, -0.2) is 66.5 Å². The Labute approximate surface area is 223 Å². The molecule has 7 nitrogen and oxygen atoms in total. The normalized spacial score (nSPS) is 12.8. The molecule has 0 saturated carbocycles. The molecule has 0 spiro atoms. The van der Waals surface area contributed by atoms with E-state index in [1.54, 1.807) is 24.3 Å². The van der Waals surface area contributed by atoms with E-state index in [-0.39, 0.29) is 24.8 Å². The molecule has 0 unspecified atom stereocenters. The third-order valence-electron chi connectivity index (χ3n) is 6.68. The summed E-state index contributed by atoms with van der Waals surface area (Å²) >= 11 is 0. The van der Waals surface area contributed by atoms with Crippen LogP contribution in [0.3, 0.4) is 0 Å². The summed E-state index contributed by atoms with van der Waals surface area (Å²) in [5.74, 6) is -0.512. The maximum atomic E-state index is 12.7. The Hall–Kier alpha value is -3.97. The molecule has 0 fully saturated rings. The number of carbonyl (C=O) groups is 3. The number of rotatable bonds is 13. The van der Waals surface area contributed by atoms with Gasteiger partial charge in [-0.1, -0.05) is 42.5 Å². The average Bonchev–Trinajstić information content (AvgIpc) is 3.15. The highest BCUT2D eigenvalue weighted by Crippen LogP contribution is 2.23. The van der Waals surface area contributed by atoms with Crippen LogP contribution in [0, 0.1) is 0 Å². The highest BCUT2D eigenvalue weighted by molar-refractivity contribution is 6.21. The first-order valence-corrected chi connectivity index (χ1v) is 13.0. The molecule has 1 aliphatic heterocycles. The summed E-state index contributed by atoms with van der Waals surface area (Å²) in [6.45, 7) is 1.78. The highest BCUT2D eigenvalue weighted by Gasteiger charge is 2.34. The van der Waals surface area contributed by atoms with E-state index < -0.39 is 5.97 Å². The van der Waals surface area contributed by atoms with Crippen LogP contribution in [0.25, 0.3) is 0 Å². The van der Waals surface area contributed by atoms with E-state index in [9.17, 15) is 14.4 Å². The van der Waals surface area contributed by atoms with Crippen molar-refractivity contribution in [1.29, 1.82) is 0 Å². The van der Waals surface area contributed by atoms with Crippen LogP contribution in [-0.2, 0) is 30.5 Å². The Kier molecular flexibility index (Phi) is 8.92. The van der Waals surface area contributed by atoms with Gasteiger partial charge >= 0.3 is 5.97 Å². The number of amides is 2. The maximum absolute atomic E-state index is 12.7. The van der Waals surface area contributed by atoms with Crippen LogP contribution in [0.4, 0.5) is 0 Å². The second-order valence-electron chi connectivity index (χ2n) is 9.90. The molecule has 4 rings (SSSR count). The van der Waals surface area contributed by atoms with Gasteiger partial charge in [0.15, 0.2) is 0 Å². The minimum atomic E-state index is -0.837. The van der Waals surface area contributed by atoms with Crippen molar-refractivity contribution in [3.8, 4) is 5.75 Å². The zero-order valence-electron chi connectivity index (χ0n) is 22.0.